The van der Waals surface area contributed by atoms with Crippen LogP contribution in [0.3, 0.4) is 0 Å². The van der Waals surface area contributed by atoms with Crippen molar-refractivity contribution in [1.82, 2.24) is 5.32 Å². The predicted octanol–water partition coefficient (Wildman–Crippen LogP) is 6.66. The lowest BCUT2D eigenvalue weighted by molar-refractivity contribution is -0.154. The Hall–Kier alpha value is -1.62. The van der Waals surface area contributed by atoms with Crippen LogP contribution in [0.1, 0.15) is 111 Å². The van der Waals surface area contributed by atoms with Crippen LogP contribution < -0.4 is 5.32 Å². The van der Waals surface area contributed by atoms with Crippen LogP contribution in [0, 0.1) is 0 Å². The van der Waals surface area contributed by atoms with Crippen molar-refractivity contribution < 1.29 is 19.1 Å². The van der Waals surface area contributed by atoms with E-state index in [4.69, 9.17) is 9.47 Å². The van der Waals surface area contributed by atoms with Crippen LogP contribution in [0.4, 0.5) is 0 Å². The number of rotatable bonds is 20. The number of allylic oxidation sites excluding steroid dienone is 4. The first-order valence-electron chi connectivity index (χ1n) is 12.7. The number of hydrogen-bond acceptors (Lipinski definition) is 5. The summed E-state index contributed by atoms with van der Waals surface area (Å²) >= 11 is 0. The molecule has 0 atom stereocenters. The maximum Gasteiger partial charge on any atom is 0.307 e. The third kappa shape index (κ3) is 24.6. The highest BCUT2D eigenvalue weighted by Crippen LogP contribution is 2.09. The van der Waals surface area contributed by atoms with Crippen LogP contribution >= 0.6 is 0 Å². The fourth-order valence-corrected chi connectivity index (χ4v) is 3.10. The smallest absolute Gasteiger partial charge is 0.307 e. The summed E-state index contributed by atoms with van der Waals surface area (Å²) in [5.74, 6) is -0.354. The average Bonchev–Trinajstić information content (AvgIpc) is 2.72. The minimum absolute atomic E-state index is 0.135. The van der Waals surface area contributed by atoms with E-state index in [2.05, 4.69) is 36.5 Å². The van der Waals surface area contributed by atoms with Crippen LogP contribution in [-0.2, 0) is 19.1 Å². The summed E-state index contributed by atoms with van der Waals surface area (Å²) in [4.78, 5) is 23.3. The number of nitrogens with one attached hydrogen (secondary N) is 1. The van der Waals surface area contributed by atoms with Crippen molar-refractivity contribution in [2.24, 2.45) is 0 Å². The molecule has 186 valence electrons. The first-order valence-corrected chi connectivity index (χ1v) is 12.7. The SMILES string of the molecule is CCCCC/C=C\C/C=C\CCCCCCCC(=O)OCCNCCC(=O)OC(C)(C)C. The second-order valence-corrected chi connectivity index (χ2v) is 9.29. The Kier molecular flexibility index (Phi) is 20.2. The van der Waals surface area contributed by atoms with Gasteiger partial charge in [0.15, 0.2) is 0 Å². The molecule has 0 spiro atoms. The van der Waals surface area contributed by atoms with Gasteiger partial charge in [-0.2, -0.15) is 0 Å². The average molecular weight is 452 g/mol. The van der Waals surface area contributed by atoms with E-state index in [1.165, 1.54) is 44.9 Å². The van der Waals surface area contributed by atoms with E-state index >= 15 is 0 Å². The number of carbonyl (C=O) groups excluding carboxylic acids is 2. The Morgan fingerprint density at radius 3 is 2.03 bits per heavy atom. The maximum absolute atomic E-state index is 11.7. The summed E-state index contributed by atoms with van der Waals surface area (Å²) in [6.45, 7) is 9.21. The Bertz CT molecular complexity index is 520. The Balaban J connectivity index is 3.38. The molecule has 0 aromatic heterocycles. The van der Waals surface area contributed by atoms with Gasteiger partial charge in [0.2, 0.25) is 0 Å². The lowest BCUT2D eigenvalue weighted by atomic mass is 10.1. The number of esters is 2. The van der Waals surface area contributed by atoms with Gasteiger partial charge in [-0.15, -0.1) is 0 Å². The van der Waals surface area contributed by atoms with Crippen LogP contribution in [0.2, 0.25) is 0 Å². The molecule has 0 aliphatic rings. The van der Waals surface area contributed by atoms with E-state index in [0.717, 1.165) is 25.7 Å². The van der Waals surface area contributed by atoms with E-state index < -0.39 is 5.60 Å². The monoisotopic (exact) mass is 451 g/mol. The van der Waals surface area contributed by atoms with Gasteiger partial charge in [-0.25, -0.2) is 0 Å². The molecule has 0 aliphatic heterocycles. The molecule has 0 saturated carbocycles. The van der Waals surface area contributed by atoms with E-state index in [9.17, 15) is 9.59 Å². The van der Waals surface area contributed by atoms with E-state index in [-0.39, 0.29) is 11.9 Å². The van der Waals surface area contributed by atoms with Gasteiger partial charge in [0.25, 0.3) is 0 Å². The van der Waals surface area contributed by atoms with Crippen LogP contribution in [0.25, 0.3) is 0 Å². The number of hydrogen-bond donors (Lipinski definition) is 1. The Morgan fingerprint density at radius 1 is 0.750 bits per heavy atom. The molecule has 0 unspecified atom stereocenters. The molecule has 0 aromatic carbocycles. The summed E-state index contributed by atoms with van der Waals surface area (Å²) in [7, 11) is 0. The number of carbonyl (C=O) groups is 2. The molecule has 0 saturated heterocycles. The molecule has 0 rings (SSSR count). The standard InChI is InChI=1S/C27H49NO4/c1-5-6-7-8-9-10-11-12-13-14-15-16-17-18-19-20-25(29)31-24-23-28-22-21-26(30)32-27(2,3)4/h9-10,12-13,28H,5-8,11,14-24H2,1-4H3/b10-9-,13-12-. The van der Waals surface area contributed by atoms with Gasteiger partial charge in [-0.1, -0.05) is 63.3 Å². The zero-order valence-corrected chi connectivity index (χ0v) is 21.3. The topological polar surface area (TPSA) is 64.6 Å². The molecule has 5 nitrogen and oxygen atoms in total. The molecular weight excluding hydrogens is 402 g/mol. The first-order chi connectivity index (χ1) is 15.3. The zero-order chi connectivity index (χ0) is 23.9. The molecule has 0 bridgehead atoms. The molecular formula is C27H49NO4. The second-order valence-electron chi connectivity index (χ2n) is 9.29. The molecule has 0 radical (unpaired) electrons. The van der Waals surface area contributed by atoms with Gasteiger partial charge in [0.1, 0.15) is 12.2 Å². The van der Waals surface area contributed by atoms with Crippen molar-refractivity contribution >= 4 is 11.9 Å². The highest BCUT2D eigenvalue weighted by Gasteiger charge is 2.15. The van der Waals surface area contributed by atoms with E-state index in [0.29, 0.717) is 32.5 Å². The summed E-state index contributed by atoms with van der Waals surface area (Å²) in [5.41, 5.74) is -0.450. The molecule has 0 fully saturated rings. The van der Waals surface area contributed by atoms with Gasteiger partial charge < -0.3 is 14.8 Å². The normalized spacial score (nSPS) is 12.0. The highest BCUT2D eigenvalue weighted by molar-refractivity contribution is 5.70. The minimum atomic E-state index is -0.450. The van der Waals surface area contributed by atoms with Gasteiger partial charge in [0.05, 0.1) is 6.42 Å². The summed E-state index contributed by atoms with van der Waals surface area (Å²) in [5, 5.41) is 3.09. The molecule has 1 N–H and O–H groups in total. The largest absolute Gasteiger partial charge is 0.464 e. The molecule has 0 aliphatic carbocycles. The van der Waals surface area contributed by atoms with Gasteiger partial charge in [-0.05, 0) is 59.3 Å². The van der Waals surface area contributed by atoms with Crippen molar-refractivity contribution in [3.05, 3.63) is 24.3 Å². The first kappa shape index (κ1) is 30.4. The Morgan fingerprint density at radius 2 is 1.38 bits per heavy atom. The van der Waals surface area contributed by atoms with Crippen LogP contribution in [-0.4, -0.2) is 37.2 Å². The Labute approximate surface area is 197 Å². The highest BCUT2D eigenvalue weighted by atomic mass is 16.6. The summed E-state index contributed by atoms with van der Waals surface area (Å²) in [6.07, 6.45) is 22.8. The maximum atomic E-state index is 11.7. The second kappa shape index (κ2) is 21.2. The fraction of sp³-hybridized carbons (Fsp3) is 0.778. The fourth-order valence-electron chi connectivity index (χ4n) is 3.10. The lowest BCUT2D eigenvalue weighted by Gasteiger charge is -2.19. The van der Waals surface area contributed by atoms with Crippen molar-refractivity contribution in [1.29, 1.82) is 0 Å². The quantitative estimate of drug-likeness (QED) is 0.127. The van der Waals surface area contributed by atoms with Crippen LogP contribution in [0.5, 0.6) is 0 Å². The molecule has 32 heavy (non-hydrogen) atoms. The molecule has 0 amide bonds. The van der Waals surface area contributed by atoms with Crippen molar-refractivity contribution in [3.63, 3.8) is 0 Å². The summed E-state index contributed by atoms with van der Waals surface area (Å²) in [6, 6.07) is 0. The van der Waals surface area contributed by atoms with E-state index in [1.807, 2.05) is 20.8 Å². The van der Waals surface area contributed by atoms with Crippen LogP contribution in [0.15, 0.2) is 24.3 Å². The molecule has 0 heterocycles. The van der Waals surface area contributed by atoms with Gasteiger partial charge >= 0.3 is 11.9 Å². The number of unbranched alkanes of at least 4 members (excludes halogenated alkanes) is 8. The zero-order valence-electron chi connectivity index (χ0n) is 21.3. The predicted molar refractivity (Wildman–Crippen MR) is 134 cm³/mol. The minimum Gasteiger partial charge on any atom is -0.464 e. The van der Waals surface area contributed by atoms with Gasteiger partial charge in [0, 0.05) is 19.5 Å². The lowest BCUT2D eigenvalue weighted by Crippen LogP contribution is -2.28. The van der Waals surface area contributed by atoms with Gasteiger partial charge in [-0.3, -0.25) is 9.59 Å². The van der Waals surface area contributed by atoms with Crippen molar-refractivity contribution in [3.8, 4) is 0 Å². The third-order valence-electron chi connectivity index (χ3n) is 4.80. The summed E-state index contributed by atoms with van der Waals surface area (Å²) < 4.78 is 10.4. The third-order valence-corrected chi connectivity index (χ3v) is 4.80. The van der Waals surface area contributed by atoms with E-state index in [1.54, 1.807) is 0 Å². The number of ether oxygens (including phenoxy) is 2. The molecule has 5 heteroatoms. The molecule has 0 aromatic rings. The van der Waals surface area contributed by atoms with Crippen molar-refractivity contribution in [2.45, 2.75) is 117 Å². The van der Waals surface area contributed by atoms with Crippen molar-refractivity contribution in [2.75, 3.05) is 19.7 Å².